The molecule has 0 saturated heterocycles. The summed E-state index contributed by atoms with van der Waals surface area (Å²) in [6.07, 6.45) is 0. The number of benzene rings is 1. The highest BCUT2D eigenvalue weighted by Crippen LogP contribution is 2.26. The smallest absolute Gasteiger partial charge is 0.226 e. The average Bonchev–Trinajstić information content (AvgIpc) is 2.17. The minimum atomic E-state index is 0.125. The summed E-state index contributed by atoms with van der Waals surface area (Å²) in [4.78, 5) is 7.87. The molecule has 5 heteroatoms. The fourth-order valence-electron chi connectivity index (χ4n) is 1.22. The lowest BCUT2D eigenvalue weighted by atomic mass is 10.2. The van der Waals surface area contributed by atoms with Crippen molar-refractivity contribution in [3.63, 3.8) is 0 Å². The Morgan fingerprint density at radius 1 is 1.36 bits per heavy atom. The summed E-state index contributed by atoms with van der Waals surface area (Å²) in [6.45, 7) is 0. The van der Waals surface area contributed by atoms with Gasteiger partial charge in [-0.25, -0.2) is 4.98 Å². The zero-order chi connectivity index (χ0) is 10.1. The highest BCUT2D eigenvalue weighted by atomic mass is 35.5. The highest BCUT2D eigenvalue weighted by Gasteiger charge is 2.07. The maximum Gasteiger partial charge on any atom is 0.226 e. The van der Waals surface area contributed by atoms with Gasteiger partial charge in [0, 0.05) is 0 Å². The number of phenols is 1. The third kappa shape index (κ3) is 1.44. The zero-order valence-corrected chi connectivity index (χ0v) is 8.12. The van der Waals surface area contributed by atoms with Gasteiger partial charge in [-0.3, -0.25) is 0 Å². The number of ether oxygens (including phenoxy) is 1. The standard InChI is InChI=1S/C9H7ClN2O2/c1-14-8-6-4-5(13)2-3-7(6)11-9(10)12-8/h2-4,13H,1H3. The van der Waals surface area contributed by atoms with Crippen molar-refractivity contribution in [2.75, 3.05) is 7.11 Å². The second kappa shape index (κ2) is 3.31. The number of methoxy groups -OCH3 is 1. The number of aromatic hydroxyl groups is 1. The molecule has 0 amide bonds. The minimum absolute atomic E-state index is 0.125. The van der Waals surface area contributed by atoms with Crippen LogP contribution in [0.25, 0.3) is 10.9 Å². The van der Waals surface area contributed by atoms with Gasteiger partial charge >= 0.3 is 0 Å². The Bertz CT molecular complexity index is 487. The topological polar surface area (TPSA) is 55.2 Å². The monoisotopic (exact) mass is 210 g/mol. The van der Waals surface area contributed by atoms with Gasteiger partial charge in [0.05, 0.1) is 18.0 Å². The van der Waals surface area contributed by atoms with Crippen LogP contribution in [0, 0.1) is 0 Å². The van der Waals surface area contributed by atoms with Crippen LogP contribution >= 0.6 is 11.6 Å². The van der Waals surface area contributed by atoms with E-state index >= 15 is 0 Å². The molecule has 1 aromatic carbocycles. The van der Waals surface area contributed by atoms with Gasteiger partial charge < -0.3 is 9.84 Å². The molecule has 0 atom stereocenters. The lowest BCUT2D eigenvalue weighted by Gasteiger charge is -2.04. The second-order valence-corrected chi connectivity index (χ2v) is 3.04. The van der Waals surface area contributed by atoms with Crippen LogP contribution in [0.4, 0.5) is 0 Å². The average molecular weight is 211 g/mol. The maximum absolute atomic E-state index is 9.28. The molecular formula is C9H7ClN2O2. The van der Waals surface area contributed by atoms with E-state index in [-0.39, 0.29) is 11.0 Å². The summed E-state index contributed by atoms with van der Waals surface area (Å²) < 4.78 is 5.02. The molecule has 14 heavy (non-hydrogen) atoms. The summed E-state index contributed by atoms with van der Waals surface area (Å²) >= 11 is 5.68. The minimum Gasteiger partial charge on any atom is -0.508 e. The molecule has 2 aromatic rings. The lowest BCUT2D eigenvalue weighted by Crippen LogP contribution is -1.92. The van der Waals surface area contributed by atoms with Crippen LogP contribution in [0.5, 0.6) is 11.6 Å². The molecule has 1 aromatic heterocycles. The lowest BCUT2D eigenvalue weighted by molar-refractivity contribution is 0.402. The first-order chi connectivity index (χ1) is 6.70. The summed E-state index contributed by atoms with van der Waals surface area (Å²) in [5.41, 5.74) is 0.639. The van der Waals surface area contributed by atoms with E-state index in [0.29, 0.717) is 16.8 Å². The summed E-state index contributed by atoms with van der Waals surface area (Å²) in [5.74, 6) is 0.498. The Morgan fingerprint density at radius 2 is 2.14 bits per heavy atom. The third-order valence-corrected chi connectivity index (χ3v) is 1.98. The van der Waals surface area contributed by atoms with Crippen molar-refractivity contribution in [2.45, 2.75) is 0 Å². The summed E-state index contributed by atoms with van der Waals surface area (Å²) in [6, 6.07) is 4.72. The molecule has 2 rings (SSSR count). The first-order valence-corrected chi connectivity index (χ1v) is 4.29. The molecule has 1 N–H and O–H groups in total. The van der Waals surface area contributed by atoms with Crippen molar-refractivity contribution >= 4 is 22.5 Å². The van der Waals surface area contributed by atoms with Crippen molar-refractivity contribution < 1.29 is 9.84 Å². The van der Waals surface area contributed by atoms with Gasteiger partial charge in [0.2, 0.25) is 11.2 Å². The van der Waals surface area contributed by atoms with Crippen molar-refractivity contribution in [1.29, 1.82) is 0 Å². The molecule has 0 aliphatic rings. The predicted molar refractivity (Wildman–Crippen MR) is 52.8 cm³/mol. The first kappa shape index (κ1) is 9.02. The van der Waals surface area contributed by atoms with Gasteiger partial charge in [0.25, 0.3) is 0 Å². The van der Waals surface area contributed by atoms with Crippen molar-refractivity contribution in [2.24, 2.45) is 0 Å². The molecule has 0 saturated carbocycles. The van der Waals surface area contributed by atoms with E-state index in [1.54, 1.807) is 6.07 Å². The zero-order valence-electron chi connectivity index (χ0n) is 7.36. The number of fused-ring (bicyclic) bond motifs is 1. The Morgan fingerprint density at radius 3 is 2.86 bits per heavy atom. The van der Waals surface area contributed by atoms with E-state index in [0.717, 1.165) is 0 Å². The molecule has 0 unspecified atom stereocenters. The van der Waals surface area contributed by atoms with Crippen LogP contribution in [0.1, 0.15) is 0 Å². The molecule has 1 heterocycles. The predicted octanol–water partition coefficient (Wildman–Crippen LogP) is 2.00. The molecule has 0 aliphatic heterocycles. The van der Waals surface area contributed by atoms with E-state index in [2.05, 4.69) is 9.97 Å². The van der Waals surface area contributed by atoms with Crippen molar-refractivity contribution in [1.82, 2.24) is 9.97 Å². The van der Waals surface area contributed by atoms with Gasteiger partial charge in [0.15, 0.2) is 0 Å². The number of aromatic nitrogens is 2. The Kier molecular flexibility index (Phi) is 2.13. The fraction of sp³-hybridized carbons (Fsp3) is 0.111. The van der Waals surface area contributed by atoms with Crippen LogP contribution in [-0.2, 0) is 0 Å². The molecule has 0 aliphatic carbocycles. The number of hydrogen-bond donors (Lipinski definition) is 1. The van der Waals surface area contributed by atoms with Gasteiger partial charge in [-0.15, -0.1) is 0 Å². The van der Waals surface area contributed by atoms with E-state index in [1.165, 1.54) is 19.2 Å². The van der Waals surface area contributed by atoms with Crippen molar-refractivity contribution in [3.05, 3.63) is 23.5 Å². The number of nitrogens with zero attached hydrogens (tertiary/aromatic N) is 2. The van der Waals surface area contributed by atoms with Gasteiger partial charge in [-0.05, 0) is 29.8 Å². The Labute approximate surface area is 85.1 Å². The Hall–Kier alpha value is -1.55. The molecule has 4 nitrogen and oxygen atoms in total. The third-order valence-electron chi connectivity index (χ3n) is 1.81. The molecular weight excluding hydrogens is 204 g/mol. The van der Waals surface area contributed by atoms with Crippen LogP contribution in [0.3, 0.4) is 0 Å². The highest BCUT2D eigenvalue weighted by molar-refractivity contribution is 6.28. The number of halogens is 1. The maximum atomic E-state index is 9.28. The number of phenolic OH excluding ortho intramolecular Hbond substituents is 1. The molecule has 0 radical (unpaired) electrons. The van der Waals surface area contributed by atoms with Gasteiger partial charge in [0.1, 0.15) is 5.75 Å². The number of rotatable bonds is 1. The van der Waals surface area contributed by atoms with Crippen molar-refractivity contribution in [3.8, 4) is 11.6 Å². The van der Waals surface area contributed by atoms with E-state index in [4.69, 9.17) is 16.3 Å². The van der Waals surface area contributed by atoms with Crippen LogP contribution in [-0.4, -0.2) is 22.2 Å². The quantitative estimate of drug-likeness (QED) is 0.732. The van der Waals surface area contributed by atoms with Crippen LogP contribution in [0.2, 0.25) is 5.28 Å². The van der Waals surface area contributed by atoms with Gasteiger partial charge in [-0.1, -0.05) is 0 Å². The van der Waals surface area contributed by atoms with E-state index in [1.807, 2.05) is 0 Å². The van der Waals surface area contributed by atoms with Gasteiger partial charge in [-0.2, -0.15) is 4.98 Å². The molecule has 0 fully saturated rings. The van der Waals surface area contributed by atoms with E-state index in [9.17, 15) is 5.11 Å². The van der Waals surface area contributed by atoms with Crippen LogP contribution in [0.15, 0.2) is 18.2 Å². The molecule has 0 bridgehead atoms. The summed E-state index contributed by atoms with van der Waals surface area (Å²) in [7, 11) is 1.49. The largest absolute Gasteiger partial charge is 0.508 e. The number of hydrogen-bond acceptors (Lipinski definition) is 4. The Balaban J connectivity index is 2.81. The second-order valence-electron chi connectivity index (χ2n) is 2.70. The molecule has 72 valence electrons. The summed E-state index contributed by atoms with van der Waals surface area (Å²) in [5, 5.41) is 10.0. The normalized spacial score (nSPS) is 10.4. The molecule has 0 spiro atoms. The fourth-order valence-corrected chi connectivity index (χ4v) is 1.38. The first-order valence-electron chi connectivity index (χ1n) is 3.91. The van der Waals surface area contributed by atoms with Crippen LogP contribution < -0.4 is 4.74 Å². The SMILES string of the molecule is COc1nc(Cl)nc2ccc(O)cc12. The van der Waals surface area contributed by atoms with E-state index < -0.39 is 0 Å².